The van der Waals surface area contributed by atoms with Gasteiger partial charge in [0.25, 0.3) is 5.91 Å². The van der Waals surface area contributed by atoms with E-state index in [0.29, 0.717) is 11.4 Å². The van der Waals surface area contributed by atoms with Crippen molar-refractivity contribution in [3.8, 4) is 10.6 Å². The molecule has 5 nitrogen and oxygen atoms in total. The molecule has 0 saturated carbocycles. The van der Waals surface area contributed by atoms with Crippen LogP contribution < -0.4 is 5.73 Å². The number of thiazole rings is 1. The second-order valence-electron chi connectivity index (χ2n) is 4.92. The van der Waals surface area contributed by atoms with Crippen molar-refractivity contribution < 1.29 is 4.79 Å². The molecule has 3 heterocycles. The molecule has 6 heteroatoms. The van der Waals surface area contributed by atoms with E-state index >= 15 is 0 Å². The Kier molecular flexibility index (Phi) is 3.75. The number of piperidine rings is 1. The minimum Gasteiger partial charge on any atom is -0.336 e. The molecule has 0 radical (unpaired) electrons. The van der Waals surface area contributed by atoms with E-state index in [0.717, 1.165) is 30.0 Å². The molecule has 1 amide bonds. The molecule has 2 aromatic heterocycles. The van der Waals surface area contributed by atoms with Crippen molar-refractivity contribution in [2.75, 3.05) is 13.1 Å². The molecule has 2 aromatic rings. The van der Waals surface area contributed by atoms with E-state index in [-0.39, 0.29) is 11.9 Å². The Labute approximate surface area is 121 Å². The monoisotopic (exact) mass is 288 g/mol. The zero-order valence-electron chi connectivity index (χ0n) is 11.0. The lowest BCUT2D eigenvalue weighted by Gasteiger charge is -2.30. The lowest BCUT2D eigenvalue weighted by molar-refractivity contribution is 0.0713. The average Bonchev–Trinajstić information content (AvgIpc) is 2.97. The molecular weight excluding hydrogens is 272 g/mol. The van der Waals surface area contributed by atoms with Gasteiger partial charge in [-0.1, -0.05) is 0 Å². The van der Waals surface area contributed by atoms with Crippen molar-refractivity contribution in [1.82, 2.24) is 14.9 Å². The molecule has 1 aliphatic heterocycles. The summed E-state index contributed by atoms with van der Waals surface area (Å²) >= 11 is 1.42. The Morgan fingerprint density at radius 1 is 1.40 bits per heavy atom. The van der Waals surface area contributed by atoms with Crippen molar-refractivity contribution in [3.63, 3.8) is 0 Å². The Balaban J connectivity index is 1.78. The Morgan fingerprint density at radius 3 is 2.95 bits per heavy atom. The molecule has 1 atom stereocenters. The van der Waals surface area contributed by atoms with Crippen molar-refractivity contribution in [2.45, 2.75) is 18.9 Å². The molecule has 1 aliphatic rings. The van der Waals surface area contributed by atoms with Gasteiger partial charge in [0.15, 0.2) is 0 Å². The maximum Gasteiger partial charge on any atom is 0.265 e. The molecule has 1 fully saturated rings. The number of rotatable bonds is 2. The number of pyridine rings is 1. The van der Waals surface area contributed by atoms with Crippen molar-refractivity contribution >= 4 is 17.2 Å². The topological polar surface area (TPSA) is 72.1 Å². The highest BCUT2D eigenvalue weighted by Gasteiger charge is 2.23. The van der Waals surface area contributed by atoms with Gasteiger partial charge in [-0.05, 0) is 25.0 Å². The molecule has 104 valence electrons. The normalized spacial score (nSPS) is 19.1. The number of hydrogen-bond acceptors (Lipinski definition) is 5. The maximum atomic E-state index is 12.4. The molecule has 20 heavy (non-hydrogen) atoms. The van der Waals surface area contributed by atoms with Gasteiger partial charge in [-0.15, -0.1) is 11.3 Å². The summed E-state index contributed by atoms with van der Waals surface area (Å²) in [6.07, 6.45) is 7.07. The number of likely N-dealkylation sites (tertiary alicyclic amines) is 1. The summed E-state index contributed by atoms with van der Waals surface area (Å²) < 4.78 is 0. The Bertz CT molecular complexity index is 598. The minimum absolute atomic E-state index is 0.0398. The van der Waals surface area contributed by atoms with Gasteiger partial charge in [0, 0.05) is 37.1 Å². The third-order valence-electron chi connectivity index (χ3n) is 3.39. The summed E-state index contributed by atoms with van der Waals surface area (Å²) in [7, 11) is 0. The highest BCUT2D eigenvalue weighted by atomic mass is 32.1. The lowest BCUT2D eigenvalue weighted by Crippen LogP contribution is -2.45. The molecule has 0 spiro atoms. The molecule has 0 unspecified atom stereocenters. The fraction of sp³-hybridized carbons (Fsp3) is 0.357. The predicted octanol–water partition coefficient (Wildman–Crippen LogP) is 1.77. The van der Waals surface area contributed by atoms with E-state index in [4.69, 9.17) is 5.73 Å². The van der Waals surface area contributed by atoms with Crippen molar-refractivity contribution in [3.05, 3.63) is 35.6 Å². The third-order valence-corrected chi connectivity index (χ3v) is 4.42. The van der Waals surface area contributed by atoms with Gasteiger partial charge in [0.2, 0.25) is 0 Å². The van der Waals surface area contributed by atoms with E-state index in [1.807, 2.05) is 17.0 Å². The summed E-state index contributed by atoms with van der Waals surface area (Å²) in [5.41, 5.74) is 6.91. The zero-order chi connectivity index (χ0) is 13.9. The first kappa shape index (κ1) is 13.2. The van der Waals surface area contributed by atoms with Crippen molar-refractivity contribution in [2.24, 2.45) is 5.73 Å². The number of nitrogens with zero attached hydrogens (tertiary/aromatic N) is 3. The van der Waals surface area contributed by atoms with E-state index in [1.165, 1.54) is 11.3 Å². The van der Waals surface area contributed by atoms with Crippen molar-refractivity contribution in [1.29, 1.82) is 0 Å². The van der Waals surface area contributed by atoms with Crippen LogP contribution in [0.15, 0.2) is 30.7 Å². The fourth-order valence-corrected chi connectivity index (χ4v) is 3.24. The minimum atomic E-state index is 0.0398. The van der Waals surface area contributed by atoms with Gasteiger partial charge in [-0.25, -0.2) is 4.98 Å². The van der Waals surface area contributed by atoms with Crippen LogP contribution in [0, 0.1) is 0 Å². The van der Waals surface area contributed by atoms with Gasteiger partial charge in [-0.2, -0.15) is 0 Å². The molecule has 0 bridgehead atoms. The highest BCUT2D eigenvalue weighted by molar-refractivity contribution is 7.16. The zero-order valence-corrected chi connectivity index (χ0v) is 11.8. The quantitative estimate of drug-likeness (QED) is 0.914. The maximum absolute atomic E-state index is 12.4. The largest absolute Gasteiger partial charge is 0.336 e. The first-order valence-corrected chi connectivity index (χ1v) is 7.47. The van der Waals surface area contributed by atoms with Gasteiger partial charge in [0.05, 0.1) is 6.20 Å². The second-order valence-corrected chi connectivity index (χ2v) is 5.95. The van der Waals surface area contributed by atoms with Crippen LogP contribution in [0.4, 0.5) is 0 Å². The average molecular weight is 288 g/mol. The number of carbonyl (C=O) groups excluding carboxylic acids is 1. The smallest absolute Gasteiger partial charge is 0.265 e. The number of nitrogens with two attached hydrogens (primary N) is 1. The lowest BCUT2D eigenvalue weighted by atomic mass is 10.1. The number of amides is 1. The molecule has 0 aliphatic carbocycles. The summed E-state index contributed by atoms with van der Waals surface area (Å²) in [5, 5.41) is 0.844. The summed E-state index contributed by atoms with van der Waals surface area (Å²) in [6, 6.07) is 3.88. The van der Waals surface area contributed by atoms with Crippen LogP contribution in [0.1, 0.15) is 22.5 Å². The van der Waals surface area contributed by atoms with E-state index in [2.05, 4.69) is 9.97 Å². The van der Waals surface area contributed by atoms with Crippen LogP contribution in [-0.2, 0) is 0 Å². The van der Waals surface area contributed by atoms with Gasteiger partial charge in [-0.3, -0.25) is 9.78 Å². The highest BCUT2D eigenvalue weighted by Crippen LogP contribution is 2.26. The fourth-order valence-electron chi connectivity index (χ4n) is 2.35. The number of carbonyl (C=O) groups is 1. The van der Waals surface area contributed by atoms with Crippen LogP contribution in [0.2, 0.25) is 0 Å². The predicted molar refractivity (Wildman–Crippen MR) is 78.5 cm³/mol. The SMILES string of the molecule is N[C@H]1CCCN(C(=O)c2cnc(-c3ccncc3)s2)C1. The summed E-state index contributed by atoms with van der Waals surface area (Å²) in [4.78, 5) is 23.2. The Morgan fingerprint density at radius 2 is 2.20 bits per heavy atom. The summed E-state index contributed by atoms with van der Waals surface area (Å²) in [6.45, 7) is 1.43. The molecule has 0 aromatic carbocycles. The Hall–Kier alpha value is -1.79. The number of hydrogen-bond donors (Lipinski definition) is 1. The molecule has 1 saturated heterocycles. The van der Waals surface area contributed by atoms with Crippen LogP contribution in [-0.4, -0.2) is 39.9 Å². The van der Waals surface area contributed by atoms with Gasteiger partial charge in [0.1, 0.15) is 9.88 Å². The molecule has 3 rings (SSSR count). The second kappa shape index (κ2) is 5.68. The molecular formula is C14H16N4OS. The summed E-state index contributed by atoms with van der Waals surface area (Å²) in [5.74, 6) is 0.0398. The third kappa shape index (κ3) is 2.71. The first-order valence-electron chi connectivity index (χ1n) is 6.65. The van der Waals surface area contributed by atoms with Gasteiger partial charge >= 0.3 is 0 Å². The standard InChI is InChI=1S/C14H16N4OS/c15-11-2-1-7-18(9-11)14(19)12-8-17-13(20-12)10-3-5-16-6-4-10/h3-6,8,11H,1-2,7,9,15H2/t11-/m0/s1. The van der Waals surface area contributed by atoms with Crippen LogP contribution >= 0.6 is 11.3 Å². The van der Waals surface area contributed by atoms with E-state index in [1.54, 1.807) is 18.6 Å². The van der Waals surface area contributed by atoms with E-state index < -0.39 is 0 Å². The van der Waals surface area contributed by atoms with E-state index in [9.17, 15) is 4.79 Å². The van der Waals surface area contributed by atoms with Crippen LogP contribution in [0.25, 0.3) is 10.6 Å². The number of aromatic nitrogens is 2. The molecule has 2 N–H and O–H groups in total. The van der Waals surface area contributed by atoms with Crippen LogP contribution in [0.5, 0.6) is 0 Å². The first-order chi connectivity index (χ1) is 9.74. The van der Waals surface area contributed by atoms with Crippen LogP contribution in [0.3, 0.4) is 0 Å². The van der Waals surface area contributed by atoms with Gasteiger partial charge < -0.3 is 10.6 Å².